The van der Waals surface area contributed by atoms with Gasteiger partial charge in [0.05, 0.1) is 5.75 Å². The van der Waals surface area contributed by atoms with Crippen LogP contribution in [0.25, 0.3) is 0 Å². The first-order valence-corrected chi connectivity index (χ1v) is 9.74. The summed E-state index contributed by atoms with van der Waals surface area (Å²) in [6, 6.07) is 10.7. The summed E-state index contributed by atoms with van der Waals surface area (Å²) in [5.41, 5.74) is 1.56. The highest BCUT2D eigenvalue weighted by Gasteiger charge is 2.29. The van der Waals surface area contributed by atoms with Crippen LogP contribution in [0.3, 0.4) is 0 Å². The van der Waals surface area contributed by atoms with Crippen molar-refractivity contribution in [1.82, 2.24) is 4.72 Å². The third-order valence-electron chi connectivity index (χ3n) is 4.40. The molecule has 3 rings (SSSR count). The summed E-state index contributed by atoms with van der Waals surface area (Å²) in [5.74, 6) is -1.38. The predicted molar refractivity (Wildman–Crippen MR) is 93.9 cm³/mol. The van der Waals surface area contributed by atoms with Gasteiger partial charge in [-0.05, 0) is 36.6 Å². The molecule has 7 heteroatoms. The van der Waals surface area contributed by atoms with Crippen molar-refractivity contribution in [3.05, 3.63) is 65.2 Å². The lowest BCUT2D eigenvalue weighted by Gasteiger charge is -2.20. The molecule has 134 valence electrons. The Balaban J connectivity index is 1.68. The van der Waals surface area contributed by atoms with Crippen molar-refractivity contribution in [3.8, 4) is 0 Å². The molecule has 0 radical (unpaired) electrons. The van der Waals surface area contributed by atoms with Crippen molar-refractivity contribution in [2.75, 3.05) is 18.0 Å². The second-order valence-corrected chi connectivity index (χ2v) is 8.06. The summed E-state index contributed by atoms with van der Waals surface area (Å²) >= 11 is 0. The first kappa shape index (κ1) is 17.8. The standard InChI is InChI=1S/C18H20F2N2O2S/c1-13-5-2-3-6-14(13)12-25(23,24)21-15-9-10-22(11-15)18-16(19)7-4-8-17(18)20/h2-8,15,21H,9-12H2,1H3. The van der Waals surface area contributed by atoms with Crippen molar-refractivity contribution >= 4 is 15.7 Å². The highest BCUT2D eigenvalue weighted by molar-refractivity contribution is 7.88. The summed E-state index contributed by atoms with van der Waals surface area (Å²) < 4.78 is 55.2. The number of benzene rings is 2. The van der Waals surface area contributed by atoms with E-state index in [9.17, 15) is 17.2 Å². The second-order valence-electron chi connectivity index (χ2n) is 6.31. The van der Waals surface area contributed by atoms with Gasteiger partial charge in [0.1, 0.15) is 17.3 Å². The Labute approximate surface area is 146 Å². The van der Waals surface area contributed by atoms with Gasteiger partial charge in [0.25, 0.3) is 0 Å². The zero-order chi connectivity index (χ0) is 18.0. The second kappa shape index (κ2) is 7.09. The minimum Gasteiger partial charge on any atom is -0.365 e. The fourth-order valence-corrected chi connectivity index (χ4v) is 4.64. The molecule has 2 aromatic carbocycles. The van der Waals surface area contributed by atoms with E-state index in [1.807, 2.05) is 19.1 Å². The number of anilines is 1. The topological polar surface area (TPSA) is 49.4 Å². The predicted octanol–water partition coefficient (Wildman–Crippen LogP) is 2.97. The molecule has 1 unspecified atom stereocenters. The number of hydrogen-bond donors (Lipinski definition) is 1. The van der Waals surface area contributed by atoms with Gasteiger partial charge in [0.15, 0.2) is 0 Å². The van der Waals surface area contributed by atoms with Gasteiger partial charge in [-0.3, -0.25) is 0 Å². The van der Waals surface area contributed by atoms with Gasteiger partial charge in [-0.15, -0.1) is 0 Å². The molecule has 1 fully saturated rings. The van der Waals surface area contributed by atoms with E-state index >= 15 is 0 Å². The van der Waals surface area contributed by atoms with Gasteiger partial charge in [-0.2, -0.15) is 0 Å². The quantitative estimate of drug-likeness (QED) is 0.885. The molecule has 2 aromatic rings. The highest BCUT2D eigenvalue weighted by atomic mass is 32.2. The Kier molecular flexibility index (Phi) is 5.06. The molecule has 1 atom stereocenters. The molecule has 0 aromatic heterocycles. The van der Waals surface area contributed by atoms with Crippen LogP contribution in [-0.4, -0.2) is 27.5 Å². The van der Waals surface area contributed by atoms with E-state index in [1.54, 1.807) is 17.0 Å². The van der Waals surface area contributed by atoms with Crippen LogP contribution in [0.2, 0.25) is 0 Å². The maximum atomic E-state index is 13.9. The Morgan fingerprint density at radius 1 is 1.12 bits per heavy atom. The van der Waals surface area contributed by atoms with Crippen LogP contribution in [0.5, 0.6) is 0 Å². The summed E-state index contributed by atoms with van der Waals surface area (Å²) in [4.78, 5) is 1.55. The average Bonchev–Trinajstić information content (AvgIpc) is 2.96. The third-order valence-corrected chi connectivity index (χ3v) is 5.78. The fourth-order valence-electron chi connectivity index (χ4n) is 3.12. The molecule has 1 N–H and O–H groups in total. The number of rotatable bonds is 5. The molecule has 0 aliphatic carbocycles. The van der Waals surface area contributed by atoms with Gasteiger partial charge in [-0.1, -0.05) is 30.3 Å². The Morgan fingerprint density at radius 3 is 2.48 bits per heavy atom. The van der Waals surface area contributed by atoms with E-state index in [0.717, 1.165) is 11.1 Å². The highest BCUT2D eigenvalue weighted by Crippen LogP contribution is 2.27. The summed E-state index contributed by atoms with van der Waals surface area (Å²) in [6.07, 6.45) is 0.501. The van der Waals surface area contributed by atoms with Crippen LogP contribution in [0.4, 0.5) is 14.5 Å². The third kappa shape index (κ3) is 4.16. The molecule has 1 heterocycles. The first-order valence-electron chi connectivity index (χ1n) is 8.09. The van der Waals surface area contributed by atoms with Crippen LogP contribution in [0, 0.1) is 18.6 Å². The summed E-state index contributed by atoms with van der Waals surface area (Å²) in [5, 5.41) is 0. The van der Waals surface area contributed by atoms with Gasteiger partial charge in [-0.25, -0.2) is 21.9 Å². The van der Waals surface area contributed by atoms with Crippen molar-refractivity contribution in [1.29, 1.82) is 0 Å². The van der Waals surface area contributed by atoms with Crippen LogP contribution in [0.15, 0.2) is 42.5 Å². The van der Waals surface area contributed by atoms with E-state index < -0.39 is 21.7 Å². The molecule has 0 bridgehead atoms. The van der Waals surface area contributed by atoms with Crippen LogP contribution in [-0.2, 0) is 15.8 Å². The molecule has 1 aliphatic rings. The molecule has 4 nitrogen and oxygen atoms in total. The zero-order valence-electron chi connectivity index (χ0n) is 13.9. The number of halogens is 2. The number of nitrogens with zero attached hydrogens (tertiary/aromatic N) is 1. The van der Waals surface area contributed by atoms with Gasteiger partial charge in [0.2, 0.25) is 10.0 Å². The van der Waals surface area contributed by atoms with Crippen LogP contribution < -0.4 is 9.62 Å². The summed E-state index contributed by atoms with van der Waals surface area (Å²) in [6.45, 7) is 2.50. The maximum absolute atomic E-state index is 13.9. The minimum absolute atomic E-state index is 0.0944. The fraction of sp³-hybridized carbons (Fsp3) is 0.333. The molecule has 1 saturated heterocycles. The largest absolute Gasteiger partial charge is 0.365 e. The monoisotopic (exact) mass is 366 g/mol. The normalized spacial score (nSPS) is 17.9. The van der Waals surface area contributed by atoms with Crippen LogP contribution in [0.1, 0.15) is 17.5 Å². The lowest BCUT2D eigenvalue weighted by atomic mass is 10.1. The van der Waals surface area contributed by atoms with E-state index in [4.69, 9.17) is 0 Å². The number of sulfonamides is 1. The van der Waals surface area contributed by atoms with Crippen molar-refractivity contribution < 1.29 is 17.2 Å². The van der Waals surface area contributed by atoms with E-state index in [1.165, 1.54) is 18.2 Å². The molecular weight excluding hydrogens is 346 g/mol. The van der Waals surface area contributed by atoms with E-state index in [0.29, 0.717) is 13.0 Å². The lowest BCUT2D eigenvalue weighted by Crippen LogP contribution is -2.38. The Bertz CT molecular complexity index is 851. The van der Waals surface area contributed by atoms with Crippen molar-refractivity contribution in [3.63, 3.8) is 0 Å². The van der Waals surface area contributed by atoms with Crippen LogP contribution >= 0.6 is 0 Å². The SMILES string of the molecule is Cc1ccccc1CS(=O)(=O)NC1CCN(c2c(F)cccc2F)C1. The molecule has 0 amide bonds. The molecule has 0 saturated carbocycles. The zero-order valence-corrected chi connectivity index (χ0v) is 14.7. The molecule has 1 aliphatic heterocycles. The molecular formula is C18H20F2N2O2S. The number of aryl methyl sites for hydroxylation is 1. The molecule has 0 spiro atoms. The van der Waals surface area contributed by atoms with E-state index in [-0.39, 0.29) is 24.0 Å². The summed E-state index contributed by atoms with van der Waals surface area (Å²) in [7, 11) is -3.53. The average molecular weight is 366 g/mol. The Hall–Kier alpha value is -1.99. The Morgan fingerprint density at radius 2 is 1.80 bits per heavy atom. The van der Waals surface area contributed by atoms with Gasteiger partial charge >= 0.3 is 0 Å². The smallest absolute Gasteiger partial charge is 0.216 e. The number of para-hydroxylation sites is 1. The van der Waals surface area contributed by atoms with Crippen molar-refractivity contribution in [2.24, 2.45) is 0 Å². The number of nitrogens with one attached hydrogen (secondary N) is 1. The number of hydrogen-bond acceptors (Lipinski definition) is 3. The van der Waals surface area contributed by atoms with Gasteiger partial charge < -0.3 is 4.90 Å². The first-order chi connectivity index (χ1) is 11.9. The minimum atomic E-state index is -3.53. The van der Waals surface area contributed by atoms with E-state index in [2.05, 4.69) is 4.72 Å². The lowest BCUT2D eigenvalue weighted by molar-refractivity contribution is 0.559. The molecule has 25 heavy (non-hydrogen) atoms. The van der Waals surface area contributed by atoms with Gasteiger partial charge in [0, 0.05) is 19.1 Å². The van der Waals surface area contributed by atoms with Crippen molar-refractivity contribution in [2.45, 2.75) is 25.1 Å². The maximum Gasteiger partial charge on any atom is 0.216 e.